The van der Waals surface area contributed by atoms with Crippen LogP contribution in [0, 0.1) is 0 Å². The molecule has 1 heterocycles. The molecule has 0 radical (unpaired) electrons. The average molecular weight is 385 g/mol. The Morgan fingerprint density at radius 2 is 2.00 bits per heavy atom. The van der Waals surface area contributed by atoms with Crippen LogP contribution in [0.3, 0.4) is 0 Å². The maximum absolute atomic E-state index is 11.9. The number of guanidine groups is 1. The van der Waals surface area contributed by atoms with E-state index in [-0.39, 0.29) is 5.91 Å². The Morgan fingerprint density at radius 3 is 2.68 bits per heavy atom. The predicted octanol–water partition coefficient (Wildman–Crippen LogP) is 1.93. The third-order valence-electron chi connectivity index (χ3n) is 3.34. The van der Waals surface area contributed by atoms with Gasteiger partial charge in [-0.25, -0.2) is 0 Å². The molecule has 0 bridgehead atoms. The summed E-state index contributed by atoms with van der Waals surface area (Å²) in [5, 5.41) is 2.89. The quantitative estimate of drug-likeness (QED) is 0.462. The van der Waals surface area contributed by atoms with Crippen LogP contribution in [-0.4, -0.2) is 54.5 Å². The van der Waals surface area contributed by atoms with Crippen molar-refractivity contribution in [2.75, 3.05) is 37.7 Å². The zero-order valence-electron chi connectivity index (χ0n) is 12.4. The van der Waals surface area contributed by atoms with E-state index in [4.69, 9.17) is 5.73 Å². The Morgan fingerprint density at radius 1 is 1.32 bits per heavy atom. The second-order valence-corrected chi connectivity index (χ2v) is 7.10. The molecule has 1 amide bonds. The molecule has 1 aromatic carbocycles. The highest BCUT2D eigenvalue weighted by Gasteiger charge is 2.11. The van der Waals surface area contributed by atoms with Crippen molar-refractivity contribution in [3.05, 3.63) is 34.3 Å². The van der Waals surface area contributed by atoms with E-state index in [1.165, 1.54) is 0 Å². The number of carbonyl (C=O) groups excluding carboxylic acids is 1. The molecule has 0 aromatic heterocycles. The van der Waals surface area contributed by atoms with Crippen LogP contribution < -0.4 is 11.1 Å². The van der Waals surface area contributed by atoms with E-state index in [9.17, 15) is 4.79 Å². The lowest BCUT2D eigenvalue weighted by atomic mass is 10.2. The number of halogens is 1. The fourth-order valence-electron chi connectivity index (χ4n) is 2.07. The highest BCUT2D eigenvalue weighted by Crippen LogP contribution is 2.10. The van der Waals surface area contributed by atoms with Crippen molar-refractivity contribution in [1.29, 1.82) is 0 Å². The van der Waals surface area contributed by atoms with Gasteiger partial charge in [-0.05, 0) is 30.7 Å². The third kappa shape index (κ3) is 5.53. The van der Waals surface area contributed by atoms with Gasteiger partial charge in [-0.1, -0.05) is 15.9 Å². The van der Waals surface area contributed by atoms with Gasteiger partial charge in [0.15, 0.2) is 5.96 Å². The zero-order valence-corrected chi connectivity index (χ0v) is 14.8. The molecule has 1 aliphatic heterocycles. The third-order valence-corrected chi connectivity index (χ3v) is 4.81. The molecule has 22 heavy (non-hydrogen) atoms. The number of nitrogens with two attached hydrogens (primary N) is 1. The monoisotopic (exact) mass is 384 g/mol. The van der Waals surface area contributed by atoms with E-state index in [2.05, 4.69) is 31.1 Å². The maximum atomic E-state index is 11.9. The van der Waals surface area contributed by atoms with Gasteiger partial charge in [-0.2, -0.15) is 11.8 Å². The number of aliphatic imine (C=N–C) groups is 1. The van der Waals surface area contributed by atoms with Crippen molar-refractivity contribution in [2.24, 2.45) is 10.7 Å². The van der Waals surface area contributed by atoms with Gasteiger partial charge in [0.1, 0.15) is 0 Å². The van der Waals surface area contributed by atoms with E-state index >= 15 is 0 Å². The highest BCUT2D eigenvalue weighted by molar-refractivity contribution is 9.10. The second-order valence-electron chi connectivity index (χ2n) is 4.96. The van der Waals surface area contributed by atoms with E-state index < -0.39 is 0 Å². The zero-order chi connectivity index (χ0) is 15.8. The highest BCUT2D eigenvalue weighted by atomic mass is 79.9. The Bertz CT molecular complexity index is 515. The van der Waals surface area contributed by atoms with E-state index in [0.717, 1.165) is 35.5 Å². The predicted molar refractivity (Wildman–Crippen MR) is 96.5 cm³/mol. The van der Waals surface area contributed by atoms with Gasteiger partial charge in [0.2, 0.25) is 0 Å². The first-order valence-corrected chi connectivity index (χ1v) is 9.28. The first-order chi connectivity index (χ1) is 10.7. The Hall–Kier alpha value is -1.21. The van der Waals surface area contributed by atoms with Crippen molar-refractivity contribution >= 4 is 39.6 Å². The van der Waals surface area contributed by atoms with Gasteiger partial charge in [-0.15, -0.1) is 0 Å². The second kappa shape index (κ2) is 9.05. The summed E-state index contributed by atoms with van der Waals surface area (Å²) >= 11 is 5.30. The largest absolute Gasteiger partial charge is 0.370 e. The number of nitrogens with one attached hydrogen (secondary N) is 1. The van der Waals surface area contributed by atoms with Gasteiger partial charge in [0.25, 0.3) is 5.91 Å². The number of nitrogens with zero attached hydrogens (tertiary/aromatic N) is 2. The SMILES string of the molecule is NC(=NCCCNC(=O)c1ccc(Br)cc1)N1CCSCC1. The van der Waals surface area contributed by atoms with Crippen LogP contribution in [0.2, 0.25) is 0 Å². The summed E-state index contributed by atoms with van der Waals surface area (Å²) in [5.74, 6) is 2.79. The molecular weight excluding hydrogens is 364 g/mol. The molecule has 0 atom stereocenters. The maximum Gasteiger partial charge on any atom is 0.251 e. The molecule has 0 aliphatic carbocycles. The summed E-state index contributed by atoms with van der Waals surface area (Å²) in [5.41, 5.74) is 6.63. The molecule has 0 saturated carbocycles. The molecule has 7 heteroatoms. The number of amides is 1. The van der Waals surface area contributed by atoms with Crippen molar-refractivity contribution in [3.8, 4) is 0 Å². The van der Waals surface area contributed by atoms with Crippen LogP contribution >= 0.6 is 27.7 Å². The van der Waals surface area contributed by atoms with Gasteiger partial charge < -0.3 is 16.0 Å². The van der Waals surface area contributed by atoms with Crippen LogP contribution in [0.15, 0.2) is 33.7 Å². The number of thioether (sulfide) groups is 1. The lowest BCUT2D eigenvalue weighted by molar-refractivity contribution is 0.0953. The van der Waals surface area contributed by atoms with E-state index in [1.807, 2.05) is 23.9 Å². The Kier molecular flexibility index (Phi) is 7.05. The van der Waals surface area contributed by atoms with Crippen molar-refractivity contribution in [3.63, 3.8) is 0 Å². The first kappa shape index (κ1) is 17.1. The number of rotatable bonds is 5. The fourth-order valence-corrected chi connectivity index (χ4v) is 3.24. The Labute approximate surface area is 143 Å². The lowest BCUT2D eigenvalue weighted by Gasteiger charge is -2.27. The van der Waals surface area contributed by atoms with Crippen molar-refractivity contribution in [1.82, 2.24) is 10.2 Å². The molecule has 1 saturated heterocycles. The Balaban J connectivity index is 1.66. The summed E-state index contributed by atoms with van der Waals surface area (Å²) in [4.78, 5) is 18.4. The van der Waals surface area contributed by atoms with Crippen LogP contribution in [0.5, 0.6) is 0 Å². The first-order valence-electron chi connectivity index (χ1n) is 7.33. The molecule has 0 unspecified atom stereocenters. The van der Waals surface area contributed by atoms with Crippen LogP contribution in [0.4, 0.5) is 0 Å². The summed E-state index contributed by atoms with van der Waals surface area (Å²) in [6.45, 7) is 3.18. The minimum absolute atomic E-state index is 0.0579. The molecule has 1 fully saturated rings. The number of benzene rings is 1. The van der Waals surface area contributed by atoms with Crippen LogP contribution in [0.1, 0.15) is 16.8 Å². The number of hydrogen-bond donors (Lipinski definition) is 2. The molecule has 5 nitrogen and oxygen atoms in total. The molecule has 0 spiro atoms. The molecule has 1 aromatic rings. The van der Waals surface area contributed by atoms with Gasteiger partial charge >= 0.3 is 0 Å². The van der Waals surface area contributed by atoms with E-state index in [1.54, 1.807) is 12.1 Å². The van der Waals surface area contributed by atoms with Crippen LogP contribution in [-0.2, 0) is 0 Å². The molecule has 3 N–H and O–H groups in total. The molecule has 120 valence electrons. The van der Waals surface area contributed by atoms with Crippen molar-refractivity contribution < 1.29 is 4.79 Å². The number of hydrogen-bond acceptors (Lipinski definition) is 3. The summed E-state index contributed by atoms with van der Waals surface area (Å²) in [6, 6.07) is 7.31. The average Bonchev–Trinajstić information content (AvgIpc) is 2.55. The minimum atomic E-state index is -0.0579. The fraction of sp³-hybridized carbons (Fsp3) is 0.467. The normalized spacial score (nSPS) is 15.7. The smallest absolute Gasteiger partial charge is 0.251 e. The molecule has 2 rings (SSSR count). The summed E-state index contributed by atoms with van der Waals surface area (Å²) in [6.07, 6.45) is 0.783. The molecule has 1 aliphatic rings. The van der Waals surface area contributed by atoms with E-state index in [0.29, 0.717) is 24.6 Å². The topological polar surface area (TPSA) is 70.7 Å². The van der Waals surface area contributed by atoms with Gasteiger partial charge in [0.05, 0.1) is 0 Å². The standard InChI is InChI=1S/C15H21BrN4OS/c16-13-4-2-12(3-5-13)14(21)18-6-1-7-19-15(17)20-8-10-22-11-9-20/h2-5H,1,6-11H2,(H2,17,19)(H,18,21). The van der Waals surface area contributed by atoms with Crippen LogP contribution in [0.25, 0.3) is 0 Å². The van der Waals surface area contributed by atoms with Crippen molar-refractivity contribution in [2.45, 2.75) is 6.42 Å². The van der Waals surface area contributed by atoms with Gasteiger partial charge in [-0.3, -0.25) is 9.79 Å². The minimum Gasteiger partial charge on any atom is -0.370 e. The van der Waals surface area contributed by atoms with Gasteiger partial charge in [0, 0.05) is 47.7 Å². The number of carbonyl (C=O) groups is 1. The molecular formula is C15H21BrN4OS. The summed E-state index contributed by atoms with van der Waals surface area (Å²) < 4.78 is 0.963. The summed E-state index contributed by atoms with van der Waals surface area (Å²) in [7, 11) is 0. The lowest BCUT2D eigenvalue weighted by Crippen LogP contribution is -2.42.